The van der Waals surface area contributed by atoms with Crippen molar-refractivity contribution in [3.8, 4) is 17.0 Å². The zero-order chi connectivity index (χ0) is 17.4. The summed E-state index contributed by atoms with van der Waals surface area (Å²) in [6, 6.07) is 11.3. The Morgan fingerprint density at radius 1 is 1.04 bits per heavy atom. The Morgan fingerprint density at radius 3 is 2.44 bits per heavy atom. The van der Waals surface area contributed by atoms with E-state index < -0.39 is 0 Å². The van der Waals surface area contributed by atoms with E-state index in [9.17, 15) is 5.11 Å². The SMILES string of the molecule is CNc1ccc2nc(-c3ccc(O)cc3)c3c(c2c1C=N)CCCC3. The number of nitrogens with zero attached hydrogens (tertiary/aromatic N) is 1. The predicted octanol–water partition coefficient (Wildman–Crippen LogP) is 4.53. The Balaban J connectivity index is 2.06. The monoisotopic (exact) mass is 331 g/mol. The van der Waals surface area contributed by atoms with Crippen molar-refractivity contribution in [2.45, 2.75) is 25.7 Å². The van der Waals surface area contributed by atoms with E-state index in [4.69, 9.17) is 10.4 Å². The molecule has 0 aliphatic heterocycles. The van der Waals surface area contributed by atoms with Crippen LogP contribution in [0.1, 0.15) is 29.5 Å². The zero-order valence-electron chi connectivity index (χ0n) is 14.3. The van der Waals surface area contributed by atoms with Crippen molar-refractivity contribution in [3.05, 3.63) is 53.1 Å². The van der Waals surface area contributed by atoms with Gasteiger partial charge in [0, 0.05) is 35.5 Å². The summed E-state index contributed by atoms with van der Waals surface area (Å²) < 4.78 is 0. The quantitative estimate of drug-likeness (QED) is 0.618. The molecule has 0 fully saturated rings. The summed E-state index contributed by atoms with van der Waals surface area (Å²) in [5.74, 6) is 0.267. The number of nitrogens with one attached hydrogen (secondary N) is 2. The van der Waals surface area contributed by atoms with Crippen LogP contribution in [0.5, 0.6) is 5.75 Å². The van der Waals surface area contributed by atoms with E-state index in [2.05, 4.69) is 5.32 Å². The van der Waals surface area contributed by atoms with Crippen molar-refractivity contribution in [2.75, 3.05) is 12.4 Å². The summed E-state index contributed by atoms with van der Waals surface area (Å²) in [6.07, 6.45) is 5.80. The number of rotatable bonds is 3. The van der Waals surface area contributed by atoms with Gasteiger partial charge in [-0.05, 0) is 73.2 Å². The fourth-order valence-electron chi connectivity index (χ4n) is 3.87. The van der Waals surface area contributed by atoms with Gasteiger partial charge in [-0.25, -0.2) is 4.98 Å². The lowest BCUT2D eigenvalue weighted by atomic mass is 9.85. The van der Waals surface area contributed by atoms with E-state index in [1.807, 2.05) is 31.3 Å². The highest BCUT2D eigenvalue weighted by Crippen LogP contribution is 2.38. The summed E-state index contributed by atoms with van der Waals surface area (Å²) in [5, 5.41) is 21.8. The van der Waals surface area contributed by atoms with Crippen LogP contribution in [0.4, 0.5) is 5.69 Å². The molecule has 3 N–H and O–H groups in total. The number of pyridine rings is 1. The number of phenols is 1. The Bertz CT molecular complexity index is 961. The Morgan fingerprint density at radius 2 is 1.76 bits per heavy atom. The number of phenolic OH excluding ortho intramolecular Hbond substituents is 1. The third-order valence-electron chi connectivity index (χ3n) is 5.07. The zero-order valence-corrected chi connectivity index (χ0v) is 14.3. The highest BCUT2D eigenvalue weighted by atomic mass is 16.3. The van der Waals surface area contributed by atoms with E-state index in [1.165, 1.54) is 23.8 Å². The molecular weight excluding hydrogens is 310 g/mol. The molecule has 25 heavy (non-hydrogen) atoms. The highest BCUT2D eigenvalue weighted by molar-refractivity contribution is 6.05. The normalized spacial score (nSPS) is 13.5. The molecule has 1 aromatic heterocycles. The number of aromatic hydroxyl groups is 1. The molecule has 1 aliphatic carbocycles. The van der Waals surface area contributed by atoms with Gasteiger partial charge in [-0.3, -0.25) is 0 Å². The van der Waals surface area contributed by atoms with E-state index in [-0.39, 0.29) is 5.75 Å². The number of hydrogen-bond acceptors (Lipinski definition) is 4. The molecule has 4 rings (SSSR count). The maximum atomic E-state index is 9.59. The maximum Gasteiger partial charge on any atom is 0.115 e. The van der Waals surface area contributed by atoms with Crippen molar-refractivity contribution in [2.24, 2.45) is 0 Å². The van der Waals surface area contributed by atoms with Gasteiger partial charge in [-0.2, -0.15) is 0 Å². The first-order chi connectivity index (χ1) is 12.2. The van der Waals surface area contributed by atoms with Crippen LogP contribution in [0.3, 0.4) is 0 Å². The minimum atomic E-state index is 0.267. The van der Waals surface area contributed by atoms with Crippen LogP contribution in [0, 0.1) is 5.41 Å². The Labute approximate surface area is 147 Å². The van der Waals surface area contributed by atoms with E-state index in [0.29, 0.717) is 0 Å². The van der Waals surface area contributed by atoms with E-state index in [1.54, 1.807) is 12.1 Å². The summed E-state index contributed by atoms with van der Waals surface area (Å²) >= 11 is 0. The van der Waals surface area contributed by atoms with Gasteiger partial charge >= 0.3 is 0 Å². The molecule has 126 valence electrons. The van der Waals surface area contributed by atoms with Crippen molar-refractivity contribution in [1.29, 1.82) is 5.41 Å². The lowest BCUT2D eigenvalue weighted by molar-refractivity contribution is 0.475. The van der Waals surface area contributed by atoms with Crippen molar-refractivity contribution < 1.29 is 5.11 Å². The molecule has 1 aliphatic rings. The third kappa shape index (κ3) is 2.54. The molecular formula is C21H21N3O. The first-order valence-electron chi connectivity index (χ1n) is 8.69. The molecule has 0 saturated carbocycles. The second-order valence-corrected chi connectivity index (χ2v) is 6.49. The molecule has 0 radical (unpaired) electrons. The summed E-state index contributed by atoms with van der Waals surface area (Å²) in [5.41, 5.74) is 7.48. The Hall–Kier alpha value is -2.88. The minimum absolute atomic E-state index is 0.267. The largest absolute Gasteiger partial charge is 0.508 e. The number of benzene rings is 2. The second-order valence-electron chi connectivity index (χ2n) is 6.49. The maximum absolute atomic E-state index is 9.59. The number of fused-ring (bicyclic) bond motifs is 3. The number of anilines is 1. The number of aryl methyl sites for hydroxylation is 1. The van der Waals surface area contributed by atoms with Gasteiger partial charge in [0.25, 0.3) is 0 Å². The predicted molar refractivity (Wildman–Crippen MR) is 103 cm³/mol. The van der Waals surface area contributed by atoms with Gasteiger partial charge in [-0.15, -0.1) is 0 Å². The van der Waals surface area contributed by atoms with Crippen molar-refractivity contribution in [1.82, 2.24) is 4.98 Å². The molecule has 0 atom stereocenters. The molecule has 4 heteroatoms. The van der Waals surface area contributed by atoms with Crippen LogP contribution >= 0.6 is 0 Å². The van der Waals surface area contributed by atoms with Gasteiger partial charge in [0.2, 0.25) is 0 Å². The summed E-state index contributed by atoms with van der Waals surface area (Å²) in [4.78, 5) is 4.96. The minimum Gasteiger partial charge on any atom is -0.508 e. The fourth-order valence-corrected chi connectivity index (χ4v) is 3.87. The second kappa shape index (κ2) is 6.20. The molecule has 0 bridgehead atoms. The first-order valence-corrected chi connectivity index (χ1v) is 8.69. The molecule has 0 unspecified atom stereocenters. The number of aromatic nitrogens is 1. The van der Waals surface area contributed by atoms with Gasteiger partial charge < -0.3 is 15.8 Å². The van der Waals surface area contributed by atoms with Crippen LogP contribution in [-0.2, 0) is 12.8 Å². The Kier molecular flexibility index (Phi) is 3.88. The highest BCUT2D eigenvalue weighted by Gasteiger charge is 2.21. The standard InChI is InChI=1S/C21H21N3O/c1-23-18-10-11-19-20(17(18)12-22)15-4-2-3-5-16(15)21(24-19)13-6-8-14(25)9-7-13/h6-12,22-23,25H,2-5H2,1H3. The summed E-state index contributed by atoms with van der Waals surface area (Å²) in [6.45, 7) is 0. The average Bonchev–Trinajstić information content (AvgIpc) is 2.67. The molecule has 0 spiro atoms. The molecule has 3 aromatic rings. The van der Waals surface area contributed by atoms with Crippen LogP contribution in [-0.4, -0.2) is 23.4 Å². The lowest BCUT2D eigenvalue weighted by Crippen LogP contribution is -2.09. The molecule has 1 heterocycles. The van der Waals surface area contributed by atoms with Gasteiger partial charge in [0.1, 0.15) is 5.75 Å². The van der Waals surface area contributed by atoms with Gasteiger partial charge in [0.05, 0.1) is 11.2 Å². The van der Waals surface area contributed by atoms with Gasteiger partial charge in [0.15, 0.2) is 0 Å². The first kappa shape index (κ1) is 15.6. The van der Waals surface area contributed by atoms with Gasteiger partial charge in [-0.1, -0.05) is 0 Å². The topological polar surface area (TPSA) is 69.0 Å². The van der Waals surface area contributed by atoms with E-state index in [0.717, 1.165) is 52.7 Å². The lowest BCUT2D eigenvalue weighted by Gasteiger charge is -2.23. The molecule has 0 saturated heterocycles. The number of hydrogen-bond donors (Lipinski definition) is 3. The smallest absolute Gasteiger partial charge is 0.115 e. The average molecular weight is 331 g/mol. The van der Waals surface area contributed by atoms with Crippen LogP contribution in [0.15, 0.2) is 36.4 Å². The molecule has 0 amide bonds. The van der Waals surface area contributed by atoms with Crippen LogP contribution in [0.25, 0.3) is 22.2 Å². The van der Waals surface area contributed by atoms with Crippen molar-refractivity contribution in [3.63, 3.8) is 0 Å². The van der Waals surface area contributed by atoms with Crippen LogP contribution < -0.4 is 5.32 Å². The van der Waals surface area contributed by atoms with Crippen molar-refractivity contribution >= 4 is 22.8 Å². The summed E-state index contributed by atoms with van der Waals surface area (Å²) in [7, 11) is 1.89. The fraction of sp³-hybridized carbons (Fsp3) is 0.238. The van der Waals surface area contributed by atoms with Crippen LogP contribution in [0.2, 0.25) is 0 Å². The molecule has 2 aromatic carbocycles. The molecule has 4 nitrogen and oxygen atoms in total. The third-order valence-corrected chi connectivity index (χ3v) is 5.07. The van der Waals surface area contributed by atoms with E-state index >= 15 is 0 Å².